The Morgan fingerprint density at radius 1 is 1.33 bits per heavy atom. The number of sulfone groups is 1. The van der Waals surface area contributed by atoms with Crippen molar-refractivity contribution in [2.24, 2.45) is 5.73 Å². The Labute approximate surface area is 145 Å². The molecule has 0 saturated heterocycles. The minimum atomic E-state index is -3.63. The summed E-state index contributed by atoms with van der Waals surface area (Å²) < 4.78 is 28.5. The number of primary amides is 1. The molecule has 0 spiro atoms. The van der Waals surface area contributed by atoms with Crippen LogP contribution in [0.25, 0.3) is 10.8 Å². The molecule has 1 aromatic heterocycles. The maximum Gasteiger partial charge on any atom is 0.405 e. The molecule has 130 valence electrons. The van der Waals surface area contributed by atoms with E-state index >= 15 is 0 Å². The minimum Gasteiger partial charge on any atom is -0.430 e. The van der Waals surface area contributed by atoms with Gasteiger partial charge in [0.05, 0.1) is 0 Å². The van der Waals surface area contributed by atoms with Crippen LogP contribution in [0.3, 0.4) is 0 Å². The molecule has 0 aliphatic carbocycles. The van der Waals surface area contributed by atoms with E-state index in [-0.39, 0.29) is 12.3 Å². The second-order valence-electron chi connectivity index (χ2n) is 5.92. The fourth-order valence-corrected chi connectivity index (χ4v) is 3.48. The molecule has 0 saturated carbocycles. The number of rotatable bonds is 5. The van der Waals surface area contributed by atoms with Crippen molar-refractivity contribution in [1.29, 1.82) is 0 Å². The molecule has 2 rings (SSSR count). The van der Waals surface area contributed by atoms with E-state index in [2.05, 4.69) is 18.8 Å². The lowest BCUT2D eigenvalue weighted by atomic mass is 9.93. The molecular formula is C16H19ClN2O4S. The number of pyridine rings is 1. The molecule has 2 N–H and O–H groups in total. The number of nitrogens with zero attached hydrogens (tertiary/aromatic N) is 1. The summed E-state index contributed by atoms with van der Waals surface area (Å²) in [5.41, 5.74) is 5.40. The van der Waals surface area contributed by atoms with Crippen LogP contribution in [0.1, 0.15) is 30.9 Å². The highest BCUT2D eigenvalue weighted by molar-refractivity contribution is 7.91. The highest BCUT2D eigenvalue weighted by Crippen LogP contribution is 2.30. The highest BCUT2D eigenvalue weighted by atomic mass is 35.5. The van der Waals surface area contributed by atoms with Gasteiger partial charge in [0.15, 0.2) is 9.84 Å². The van der Waals surface area contributed by atoms with Gasteiger partial charge in [-0.2, -0.15) is 0 Å². The predicted octanol–water partition coefficient (Wildman–Crippen LogP) is 3.02. The second kappa shape index (κ2) is 6.94. The summed E-state index contributed by atoms with van der Waals surface area (Å²) in [6, 6.07) is 5.48. The molecule has 8 heteroatoms. The second-order valence-corrected chi connectivity index (χ2v) is 8.49. The van der Waals surface area contributed by atoms with Crippen molar-refractivity contribution < 1.29 is 17.9 Å². The Morgan fingerprint density at radius 2 is 2.00 bits per heavy atom. The van der Waals surface area contributed by atoms with E-state index in [4.69, 9.17) is 22.1 Å². The SMILES string of the molecule is CC(C)c1ccc(CC(OC(N)=O)S(C)(=O)=O)c2cnc(Cl)cc12. The van der Waals surface area contributed by atoms with Gasteiger partial charge in [-0.15, -0.1) is 0 Å². The molecule has 0 aliphatic heterocycles. The number of aromatic nitrogens is 1. The van der Waals surface area contributed by atoms with Crippen molar-refractivity contribution in [2.75, 3.05) is 6.26 Å². The Bertz CT molecular complexity index is 881. The maximum absolute atomic E-state index is 11.9. The van der Waals surface area contributed by atoms with Crippen molar-refractivity contribution >= 4 is 38.3 Å². The molecule has 6 nitrogen and oxygen atoms in total. The van der Waals surface area contributed by atoms with E-state index in [1.807, 2.05) is 12.1 Å². The molecule has 2 aromatic rings. The zero-order valence-electron chi connectivity index (χ0n) is 13.6. The summed E-state index contributed by atoms with van der Waals surface area (Å²) in [4.78, 5) is 15.1. The zero-order valence-corrected chi connectivity index (χ0v) is 15.2. The first-order valence-electron chi connectivity index (χ1n) is 7.31. The predicted molar refractivity (Wildman–Crippen MR) is 93.8 cm³/mol. The quantitative estimate of drug-likeness (QED) is 0.815. The van der Waals surface area contributed by atoms with E-state index in [0.717, 1.165) is 22.6 Å². The van der Waals surface area contributed by atoms with Crippen LogP contribution in [0, 0.1) is 0 Å². The van der Waals surface area contributed by atoms with Gasteiger partial charge in [0.2, 0.25) is 5.44 Å². The van der Waals surface area contributed by atoms with Gasteiger partial charge in [-0.25, -0.2) is 18.2 Å². The first kappa shape index (κ1) is 18.5. The third kappa shape index (κ3) is 4.15. The van der Waals surface area contributed by atoms with Gasteiger partial charge in [0.1, 0.15) is 5.15 Å². The molecule has 0 aliphatic rings. The van der Waals surface area contributed by atoms with Crippen LogP contribution in [0.4, 0.5) is 4.79 Å². The van der Waals surface area contributed by atoms with Crippen molar-refractivity contribution in [2.45, 2.75) is 31.6 Å². The van der Waals surface area contributed by atoms with E-state index in [1.54, 1.807) is 12.3 Å². The number of carbonyl (C=O) groups is 1. The number of hydrogen-bond donors (Lipinski definition) is 1. The van der Waals surface area contributed by atoms with E-state index in [9.17, 15) is 13.2 Å². The Hall–Kier alpha value is -1.86. The Kier molecular flexibility index (Phi) is 5.35. The minimum absolute atomic E-state index is 0.0139. The summed E-state index contributed by atoms with van der Waals surface area (Å²) in [5.74, 6) is 0.257. The number of nitrogens with two attached hydrogens (primary N) is 1. The van der Waals surface area contributed by atoms with Gasteiger partial charge in [0, 0.05) is 24.3 Å². The van der Waals surface area contributed by atoms with Crippen LogP contribution in [-0.2, 0) is 21.0 Å². The first-order valence-corrected chi connectivity index (χ1v) is 9.65. The van der Waals surface area contributed by atoms with Gasteiger partial charge >= 0.3 is 6.09 Å². The Morgan fingerprint density at radius 3 is 2.54 bits per heavy atom. The molecule has 1 heterocycles. The number of fused-ring (bicyclic) bond motifs is 1. The zero-order chi connectivity index (χ0) is 18.1. The molecule has 1 amide bonds. The smallest absolute Gasteiger partial charge is 0.405 e. The summed E-state index contributed by atoms with van der Waals surface area (Å²) in [7, 11) is -3.63. The normalized spacial score (nSPS) is 13.2. The molecule has 0 fully saturated rings. The number of ether oxygens (including phenoxy) is 1. The van der Waals surface area contributed by atoms with Crippen LogP contribution in [0.15, 0.2) is 24.4 Å². The van der Waals surface area contributed by atoms with Gasteiger partial charge in [-0.05, 0) is 28.5 Å². The molecular weight excluding hydrogens is 352 g/mol. The van der Waals surface area contributed by atoms with Crippen molar-refractivity contribution in [3.8, 4) is 0 Å². The number of halogens is 1. The van der Waals surface area contributed by atoms with Crippen LogP contribution in [0.5, 0.6) is 0 Å². The summed E-state index contributed by atoms with van der Waals surface area (Å²) in [5, 5.41) is 2.02. The standard InChI is InChI=1S/C16H19ClN2O4S/c1-9(2)11-5-4-10(13-8-19-14(17)7-12(11)13)6-15(23-16(18)20)24(3,21)22/h4-5,7-9,15H,6H2,1-3H3,(H2,18,20). The van der Waals surface area contributed by atoms with Gasteiger partial charge < -0.3 is 10.5 Å². The van der Waals surface area contributed by atoms with Crippen LogP contribution < -0.4 is 5.73 Å². The topological polar surface area (TPSA) is 99.4 Å². The number of hydrogen-bond acceptors (Lipinski definition) is 5. The first-order chi connectivity index (χ1) is 11.1. The third-order valence-corrected chi connectivity index (χ3v) is 5.15. The fourth-order valence-electron chi connectivity index (χ4n) is 2.57. The molecule has 0 radical (unpaired) electrons. The van der Waals surface area contributed by atoms with Crippen molar-refractivity contribution in [3.63, 3.8) is 0 Å². The molecule has 1 unspecified atom stereocenters. The summed E-state index contributed by atoms with van der Waals surface area (Å²) >= 11 is 6.00. The molecule has 1 aromatic carbocycles. The summed E-state index contributed by atoms with van der Waals surface area (Å²) in [6.07, 6.45) is 1.46. The lowest BCUT2D eigenvalue weighted by Gasteiger charge is -2.18. The van der Waals surface area contributed by atoms with Crippen LogP contribution in [0.2, 0.25) is 5.15 Å². The monoisotopic (exact) mass is 370 g/mol. The molecule has 1 atom stereocenters. The fraction of sp³-hybridized carbons (Fsp3) is 0.375. The number of amides is 1. The third-order valence-electron chi connectivity index (χ3n) is 3.73. The molecule has 0 bridgehead atoms. The average Bonchev–Trinajstić information content (AvgIpc) is 2.44. The van der Waals surface area contributed by atoms with E-state index in [0.29, 0.717) is 10.7 Å². The van der Waals surface area contributed by atoms with Crippen LogP contribution >= 0.6 is 11.6 Å². The maximum atomic E-state index is 11.9. The highest BCUT2D eigenvalue weighted by Gasteiger charge is 2.26. The molecule has 24 heavy (non-hydrogen) atoms. The van der Waals surface area contributed by atoms with Gasteiger partial charge in [0.25, 0.3) is 0 Å². The number of carbonyl (C=O) groups excluding carboxylic acids is 1. The Balaban J connectivity index is 2.57. The van der Waals surface area contributed by atoms with Crippen molar-refractivity contribution in [1.82, 2.24) is 4.98 Å². The summed E-state index contributed by atoms with van der Waals surface area (Å²) in [6.45, 7) is 4.11. The van der Waals surface area contributed by atoms with E-state index in [1.165, 1.54) is 0 Å². The largest absolute Gasteiger partial charge is 0.430 e. The lowest BCUT2D eigenvalue weighted by molar-refractivity contribution is 0.141. The average molecular weight is 371 g/mol. The van der Waals surface area contributed by atoms with Gasteiger partial charge in [-0.1, -0.05) is 37.6 Å². The van der Waals surface area contributed by atoms with Crippen molar-refractivity contribution in [3.05, 3.63) is 40.7 Å². The lowest BCUT2D eigenvalue weighted by Crippen LogP contribution is -2.31. The number of benzene rings is 1. The van der Waals surface area contributed by atoms with E-state index < -0.39 is 21.4 Å². The van der Waals surface area contributed by atoms with Crippen LogP contribution in [-0.4, -0.2) is 31.2 Å². The van der Waals surface area contributed by atoms with Gasteiger partial charge in [-0.3, -0.25) is 0 Å².